The fourth-order valence-corrected chi connectivity index (χ4v) is 3.19. The molecule has 5 nitrogen and oxygen atoms in total. The number of unbranched alkanes of at least 4 members (excludes halogenated alkanes) is 7. The van der Waals surface area contributed by atoms with Crippen molar-refractivity contribution in [1.82, 2.24) is 5.32 Å². The van der Waals surface area contributed by atoms with Gasteiger partial charge < -0.3 is 19.9 Å². The Hall–Kier alpha value is -1.75. The summed E-state index contributed by atoms with van der Waals surface area (Å²) in [7, 11) is 3.16. The number of carbonyl (C=O) groups is 1. The second-order valence-electron chi connectivity index (χ2n) is 7.08. The molecule has 0 saturated heterocycles. The Kier molecular flexibility index (Phi) is 12.4. The molecule has 0 saturated carbocycles. The van der Waals surface area contributed by atoms with E-state index in [9.17, 15) is 9.90 Å². The maximum absolute atomic E-state index is 12.3. The number of aliphatic hydroxyl groups is 1. The maximum Gasteiger partial charge on any atom is 0.224 e. The van der Waals surface area contributed by atoms with E-state index in [2.05, 4.69) is 12.2 Å². The van der Waals surface area contributed by atoms with Crippen LogP contribution in [0.15, 0.2) is 18.2 Å². The van der Waals surface area contributed by atoms with Gasteiger partial charge in [0.2, 0.25) is 5.91 Å². The summed E-state index contributed by atoms with van der Waals surface area (Å²) in [6, 6.07) is 5.29. The van der Waals surface area contributed by atoms with E-state index in [1.807, 2.05) is 12.1 Å². The molecule has 0 aliphatic rings. The predicted molar refractivity (Wildman–Crippen MR) is 109 cm³/mol. The van der Waals surface area contributed by atoms with Crippen molar-refractivity contribution in [3.63, 3.8) is 0 Å². The summed E-state index contributed by atoms with van der Waals surface area (Å²) in [5.74, 6) is 1.17. The summed E-state index contributed by atoms with van der Waals surface area (Å²) in [6.45, 7) is 2.21. The molecule has 0 aliphatic heterocycles. The minimum absolute atomic E-state index is 0.0197. The van der Waals surface area contributed by atoms with Crippen LogP contribution in [0.1, 0.15) is 70.3 Å². The van der Waals surface area contributed by atoms with Crippen LogP contribution in [0.2, 0.25) is 0 Å². The molecule has 0 aliphatic carbocycles. The molecule has 0 radical (unpaired) electrons. The summed E-state index contributed by atoms with van der Waals surface area (Å²) in [5, 5.41) is 12.5. The van der Waals surface area contributed by atoms with Gasteiger partial charge >= 0.3 is 0 Å². The van der Waals surface area contributed by atoms with Crippen LogP contribution in [0.5, 0.6) is 11.5 Å². The Balaban J connectivity index is 2.30. The number of benzene rings is 1. The third-order valence-corrected chi connectivity index (χ3v) is 4.80. The molecular formula is C22H37NO4. The first-order valence-corrected chi connectivity index (χ1v) is 10.3. The van der Waals surface area contributed by atoms with Crippen LogP contribution in [-0.4, -0.2) is 37.9 Å². The average Bonchev–Trinajstić information content (AvgIpc) is 2.68. The Morgan fingerprint density at radius 1 is 1.00 bits per heavy atom. The number of carbonyl (C=O) groups excluding carboxylic acids is 1. The van der Waals surface area contributed by atoms with Gasteiger partial charge in [-0.3, -0.25) is 4.79 Å². The van der Waals surface area contributed by atoms with Crippen molar-refractivity contribution in [1.29, 1.82) is 0 Å². The summed E-state index contributed by atoms with van der Waals surface area (Å²) in [6.07, 6.45) is 11.1. The zero-order valence-electron chi connectivity index (χ0n) is 17.3. The number of nitrogens with one attached hydrogen (secondary N) is 1. The molecule has 0 bridgehead atoms. The quantitative estimate of drug-likeness (QED) is 0.447. The first kappa shape index (κ1) is 23.3. The number of rotatable bonds is 15. The molecule has 1 rings (SSSR count). The highest BCUT2D eigenvalue weighted by atomic mass is 16.5. The van der Waals surface area contributed by atoms with E-state index < -0.39 is 0 Å². The Morgan fingerprint density at radius 2 is 1.63 bits per heavy atom. The highest BCUT2D eigenvalue weighted by Gasteiger charge is 2.13. The van der Waals surface area contributed by atoms with E-state index >= 15 is 0 Å². The van der Waals surface area contributed by atoms with Crippen LogP contribution in [0.3, 0.4) is 0 Å². The van der Waals surface area contributed by atoms with Crippen molar-refractivity contribution in [2.45, 2.75) is 77.2 Å². The lowest BCUT2D eigenvalue weighted by atomic mass is 10.0. The molecule has 1 atom stereocenters. The van der Waals surface area contributed by atoms with Gasteiger partial charge in [0.05, 0.1) is 33.3 Å². The average molecular weight is 380 g/mol. The van der Waals surface area contributed by atoms with Crippen LogP contribution < -0.4 is 14.8 Å². The fraction of sp³-hybridized carbons (Fsp3) is 0.682. The van der Waals surface area contributed by atoms with Crippen LogP contribution in [-0.2, 0) is 11.2 Å². The van der Waals surface area contributed by atoms with Gasteiger partial charge in [-0.2, -0.15) is 0 Å². The molecule has 2 N–H and O–H groups in total. The molecule has 0 fully saturated rings. The standard InChI is InChI=1S/C22H37NO4/c1-4-5-6-7-8-9-10-11-12-19(17-24)23-22(25)16-18-13-14-20(26-2)21(15-18)27-3/h13-15,19,24H,4-12,16-17H2,1-3H3,(H,23,25). The van der Waals surface area contributed by atoms with E-state index in [1.54, 1.807) is 20.3 Å². The molecule has 27 heavy (non-hydrogen) atoms. The first-order chi connectivity index (χ1) is 13.1. The Morgan fingerprint density at radius 3 is 2.22 bits per heavy atom. The van der Waals surface area contributed by atoms with Crippen molar-refractivity contribution in [2.75, 3.05) is 20.8 Å². The molecule has 154 valence electrons. The molecule has 0 spiro atoms. The molecule has 5 heteroatoms. The molecule has 1 amide bonds. The lowest BCUT2D eigenvalue weighted by Gasteiger charge is -2.16. The lowest BCUT2D eigenvalue weighted by molar-refractivity contribution is -0.121. The topological polar surface area (TPSA) is 67.8 Å². The minimum Gasteiger partial charge on any atom is -0.493 e. The van der Waals surface area contributed by atoms with Gasteiger partial charge in [-0.05, 0) is 24.1 Å². The lowest BCUT2D eigenvalue weighted by Crippen LogP contribution is -2.38. The largest absolute Gasteiger partial charge is 0.493 e. The van der Waals surface area contributed by atoms with Crippen molar-refractivity contribution in [3.05, 3.63) is 23.8 Å². The van der Waals surface area contributed by atoms with Gasteiger partial charge in [-0.1, -0.05) is 64.4 Å². The summed E-state index contributed by atoms with van der Waals surface area (Å²) >= 11 is 0. The molecular weight excluding hydrogens is 342 g/mol. The monoisotopic (exact) mass is 379 g/mol. The molecule has 1 aromatic rings. The van der Waals surface area contributed by atoms with Crippen molar-refractivity contribution in [2.24, 2.45) is 0 Å². The maximum atomic E-state index is 12.3. The smallest absolute Gasteiger partial charge is 0.224 e. The van der Waals surface area contributed by atoms with Crippen LogP contribution in [0, 0.1) is 0 Å². The molecule has 0 heterocycles. The number of aliphatic hydroxyl groups excluding tert-OH is 1. The number of ether oxygens (including phenoxy) is 2. The van der Waals surface area contributed by atoms with Gasteiger partial charge in [0.1, 0.15) is 0 Å². The van der Waals surface area contributed by atoms with Crippen molar-refractivity contribution < 1.29 is 19.4 Å². The number of hydrogen-bond acceptors (Lipinski definition) is 4. The third kappa shape index (κ3) is 9.66. The Labute approximate surface area is 164 Å². The van der Waals surface area contributed by atoms with Gasteiger partial charge in [0.25, 0.3) is 0 Å². The van der Waals surface area contributed by atoms with Gasteiger partial charge in [-0.15, -0.1) is 0 Å². The zero-order chi connectivity index (χ0) is 19.9. The second kappa shape index (κ2) is 14.3. The van der Waals surface area contributed by atoms with Crippen molar-refractivity contribution in [3.8, 4) is 11.5 Å². The van der Waals surface area contributed by atoms with E-state index in [0.29, 0.717) is 11.5 Å². The minimum atomic E-state index is -0.169. The molecule has 0 aromatic heterocycles. The zero-order valence-corrected chi connectivity index (χ0v) is 17.3. The Bertz CT molecular complexity index is 533. The SMILES string of the molecule is CCCCCCCCCCC(CO)NC(=O)Cc1ccc(OC)c(OC)c1. The fourth-order valence-electron chi connectivity index (χ4n) is 3.19. The van der Waals surface area contributed by atoms with E-state index in [1.165, 1.54) is 38.5 Å². The molecule has 1 unspecified atom stereocenters. The second-order valence-corrected chi connectivity index (χ2v) is 7.08. The molecule has 1 aromatic carbocycles. The highest BCUT2D eigenvalue weighted by molar-refractivity contribution is 5.79. The van der Waals surface area contributed by atoms with E-state index in [4.69, 9.17) is 9.47 Å². The van der Waals surface area contributed by atoms with E-state index in [-0.39, 0.29) is 25.0 Å². The van der Waals surface area contributed by atoms with Crippen LogP contribution in [0.4, 0.5) is 0 Å². The first-order valence-electron chi connectivity index (χ1n) is 10.3. The number of hydrogen-bond donors (Lipinski definition) is 2. The van der Waals surface area contributed by atoms with Crippen LogP contribution >= 0.6 is 0 Å². The highest BCUT2D eigenvalue weighted by Crippen LogP contribution is 2.27. The van der Waals surface area contributed by atoms with Gasteiger partial charge in [0.15, 0.2) is 11.5 Å². The van der Waals surface area contributed by atoms with E-state index in [0.717, 1.165) is 24.8 Å². The summed E-state index contributed by atoms with van der Waals surface area (Å²) < 4.78 is 10.5. The van der Waals surface area contributed by atoms with Crippen LogP contribution in [0.25, 0.3) is 0 Å². The number of amides is 1. The number of methoxy groups -OCH3 is 2. The van der Waals surface area contributed by atoms with Gasteiger partial charge in [0, 0.05) is 0 Å². The third-order valence-electron chi connectivity index (χ3n) is 4.80. The van der Waals surface area contributed by atoms with Crippen molar-refractivity contribution >= 4 is 5.91 Å². The summed E-state index contributed by atoms with van der Waals surface area (Å²) in [5.41, 5.74) is 0.855. The predicted octanol–water partition coefficient (Wildman–Crippen LogP) is 4.25. The summed E-state index contributed by atoms with van der Waals surface area (Å²) in [4.78, 5) is 12.3. The normalized spacial score (nSPS) is 11.9. The van der Waals surface area contributed by atoms with Gasteiger partial charge in [-0.25, -0.2) is 0 Å².